The molecule has 7 nitrogen and oxygen atoms in total. The van der Waals surface area contributed by atoms with Crippen molar-refractivity contribution in [2.24, 2.45) is 5.92 Å². The number of ether oxygens (including phenoxy) is 2. The van der Waals surface area contributed by atoms with Gasteiger partial charge in [-0.2, -0.15) is 0 Å². The first-order valence-corrected chi connectivity index (χ1v) is 10.2. The van der Waals surface area contributed by atoms with E-state index < -0.39 is 0 Å². The van der Waals surface area contributed by atoms with Gasteiger partial charge in [-0.1, -0.05) is 43.5 Å². The number of carbonyl (C=O) groups excluding carboxylic acids is 1. The molecule has 1 aliphatic rings. The number of benzene rings is 1. The number of methoxy groups -OCH3 is 2. The van der Waals surface area contributed by atoms with Gasteiger partial charge in [-0.15, -0.1) is 5.10 Å². The molecule has 1 aliphatic carbocycles. The maximum absolute atomic E-state index is 12.1. The highest BCUT2D eigenvalue weighted by Crippen LogP contribution is 2.28. The third-order valence-corrected chi connectivity index (χ3v) is 5.59. The number of hydrogen-bond donors (Lipinski definition) is 2. The molecule has 0 radical (unpaired) electrons. The van der Waals surface area contributed by atoms with Gasteiger partial charge >= 0.3 is 0 Å². The first-order chi connectivity index (χ1) is 13.2. The molecular formula is C19H26N4O3S. The van der Waals surface area contributed by atoms with E-state index in [1.807, 2.05) is 18.2 Å². The molecule has 1 amide bonds. The number of aromatic nitrogens is 3. The van der Waals surface area contributed by atoms with E-state index in [0.717, 1.165) is 23.7 Å². The largest absolute Gasteiger partial charge is 0.493 e. The zero-order valence-electron chi connectivity index (χ0n) is 15.8. The summed E-state index contributed by atoms with van der Waals surface area (Å²) in [6, 6.07) is 5.59. The van der Waals surface area contributed by atoms with Gasteiger partial charge in [0.2, 0.25) is 11.1 Å². The Morgan fingerprint density at radius 1 is 1.26 bits per heavy atom. The Kier molecular flexibility index (Phi) is 6.98. The number of thioether (sulfide) groups is 1. The van der Waals surface area contributed by atoms with Gasteiger partial charge in [0.05, 0.1) is 20.0 Å². The fourth-order valence-corrected chi connectivity index (χ4v) is 3.94. The number of hydrogen-bond acceptors (Lipinski definition) is 6. The second-order valence-electron chi connectivity index (χ2n) is 6.67. The molecule has 0 unspecified atom stereocenters. The van der Waals surface area contributed by atoms with E-state index in [9.17, 15) is 4.79 Å². The van der Waals surface area contributed by atoms with E-state index in [4.69, 9.17) is 9.47 Å². The van der Waals surface area contributed by atoms with E-state index >= 15 is 0 Å². The minimum Gasteiger partial charge on any atom is -0.493 e. The van der Waals surface area contributed by atoms with Crippen molar-refractivity contribution in [3.63, 3.8) is 0 Å². The molecule has 1 aromatic heterocycles. The summed E-state index contributed by atoms with van der Waals surface area (Å²) in [6.45, 7) is 0.431. The number of nitrogens with zero attached hydrogens (tertiary/aromatic N) is 2. The van der Waals surface area contributed by atoms with E-state index in [-0.39, 0.29) is 11.7 Å². The Labute approximate surface area is 163 Å². The molecule has 3 rings (SSSR count). The van der Waals surface area contributed by atoms with Crippen LogP contribution in [-0.2, 0) is 17.8 Å². The maximum Gasteiger partial charge on any atom is 0.230 e. The van der Waals surface area contributed by atoms with Crippen LogP contribution in [0.4, 0.5) is 0 Å². The van der Waals surface area contributed by atoms with E-state index in [2.05, 4.69) is 20.5 Å². The Hall–Kier alpha value is -2.22. The summed E-state index contributed by atoms with van der Waals surface area (Å²) in [5, 5.41) is 10.7. The molecule has 0 atom stereocenters. The Bertz CT molecular complexity index is 759. The van der Waals surface area contributed by atoms with Crippen LogP contribution in [0.5, 0.6) is 11.5 Å². The van der Waals surface area contributed by atoms with Gasteiger partial charge in [0, 0.05) is 13.0 Å². The van der Waals surface area contributed by atoms with Gasteiger partial charge in [-0.05, 0) is 23.6 Å². The number of nitrogens with one attached hydrogen (secondary N) is 2. The van der Waals surface area contributed by atoms with Gasteiger partial charge in [0.1, 0.15) is 5.82 Å². The highest BCUT2D eigenvalue weighted by Gasteiger charge is 2.17. The highest BCUT2D eigenvalue weighted by molar-refractivity contribution is 7.99. The molecule has 0 aliphatic heterocycles. The lowest BCUT2D eigenvalue weighted by Crippen LogP contribution is -2.24. The van der Waals surface area contributed by atoms with Gasteiger partial charge in [-0.3, -0.25) is 9.89 Å². The molecule has 1 aromatic carbocycles. The van der Waals surface area contributed by atoms with Crippen LogP contribution in [0.25, 0.3) is 0 Å². The summed E-state index contributed by atoms with van der Waals surface area (Å²) < 4.78 is 10.5. The molecule has 2 aromatic rings. The summed E-state index contributed by atoms with van der Waals surface area (Å²) in [4.78, 5) is 16.6. The molecular weight excluding hydrogens is 364 g/mol. The predicted molar refractivity (Wildman–Crippen MR) is 104 cm³/mol. The van der Waals surface area contributed by atoms with Crippen LogP contribution in [-0.4, -0.2) is 41.1 Å². The lowest BCUT2D eigenvalue weighted by Gasteiger charge is -2.10. The quantitative estimate of drug-likeness (QED) is 0.640. The van der Waals surface area contributed by atoms with Crippen LogP contribution < -0.4 is 14.8 Å². The Morgan fingerprint density at radius 3 is 2.78 bits per heavy atom. The molecule has 8 heteroatoms. The normalized spacial score (nSPS) is 14.3. The third kappa shape index (κ3) is 5.63. The standard InChI is InChI=1S/C19H26N4O3S/c1-25-15-8-7-14(9-16(15)26-2)11-20-18(24)12-27-19-21-17(22-23-19)10-13-5-3-4-6-13/h7-9,13H,3-6,10-12H2,1-2H3,(H,20,24)(H,21,22,23). The molecule has 27 heavy (non-hydrogen) atoms. The van der Waals surface area contributed by atoms with Crippen molar-refractivity contribution >= 4 is 17.7 Å². The van der Waals surface area contributed by atoms with Crippen molar-refractivity contribution in [3.8, 4) is 11.5 Å². The second-order valence-corrected chi connectivity index (χ2v) is 7.62. The summed E-state index contributed by atoms with van der Waals surface area (Å²) in [7, 11) is 3.19. The zero-order chi connectivity index (χ0) is 19.1. The van der Waals surface area contributed by atoms with Crippen LogP contribution in [0.15, 0.2) is 23.4 Å². The average molecular weight is 391 g/mol. The van der Waals surface area contributed by atoms with Crippen molar-refractivity contribution in [2.45, 2.75) is 43.8 Å². The minimum atomic E-state index is -0.0584. The van der Waals surface area contributed by atoms with Gasteiger partial charge < -0.3 is 14.8 Å². The summed E-state index contributed by atoms with van der Waals surface area (Å²) in [5.74, 6) is 3.19. The number of carbonyl (C=O) groups is 1. The molecule has 1 fully saturated rings. The molecule has 1 heterocycles. The summed E-state index contributed by atoms with van der Waals surface area (Å²) in [6.07, 6.45) is 6.16. The predicted octanol–water partition coefficient (Wildman–Crippen LogP) is 2.96. The molecule has 1 saturated carbocycles. The zero-order valence-corrected chi connectivity index (χ0v) is 16.6. The van der Waals surface area contributed by atoms with Gasteiger partial charge in [0.25, 0.3) is 0 Å². The van der Waals surface area contributed by atoms with Crippen molar-refractivity contribution in [2.75, 3.05) is 20.0 Å². The van der Waals surface area contributed by atoms with Crippen LogP contribution in [0.1, 0.15) is 37.1 Å². The van der Waals surface area contributed by atoms with Crippen LogP contribution in [0.3, 0.4) is 0 Å². The molecule has 0 bridgehead atoms. The summed E-state index contributed by atoms with van der Waals surface area (Å²) in [5.41, 5.74) is 0.947. The van der Waals surface area contributed by atoms with Crippen LogP contribution >= 0.6 is 11.8 Å². The number of aromatic amines is 1. The van der Waals surface area contributed by atoms with Crippen molar-refractivity contribution in [3.05, 3.63) is 29.6 Å². The monoisotopic (exact) mass is 390 g/mol. The Morgan fingerprint density at radius 2 is 2.04 bits per heavy atom. The maximum atomic E-state index is 12.1. The van der Waals surface area contributed by atoms with Gasteiger partial charge in [0.15, 0.2) is 11.5 Å². The van der Waals surface area contributed by atoms with Crippen molar-refractivity contribution in [1.29, 1.82) is 0 Å². The SMILES string of the molecule is COc1ccc(CNC(=O)CSc2n[nH]c(CC3CCCC3)n2)cc1OC. The van der Waals surface area contributed by atoms with Gasteiger partial charge in [-0.25, -0.2) is 4.98 Å². The van der Waals surface area contributed by atoms with E-state index in [1.165, 1.54) is 37.4 Å². The van der Waals surface area contributed by atoms with Crippen LogP contribution in [0, 0.1) is 5.92 Å². The molecule has 2 N–H and O–H groups in total. The fourth-order valence-electron chi connectivity index (χ4n) is 3.29. The first kappa shape index (κ1) is 19.5. The topological polar surface area (TPSA) is 89.1 Å². The molecule has 0 spiro atoms. The minimum absolute atomic E-state index is 0.0584. The molecule has 0 saturated heterocycles. The van der Waals surface area contributed by atoms with Crippen molar-refractivity contribution < 1.29 is 14.3 Å². The van der Waals surface area contributed by atoms with E-state index in [1.54, 1.807) is 14.2 Å². The highest BCUT2D eigenvalue weighted by atomic mass is 32.2. The second kappa shape index (κ2) is 9.64. The molecule has 146 valence electrons. The average Bonchev–Trinajstić information content (AvgIpc) is 3.36. The van der Waals surface area contributed by atoms with E-state index in [0.29, 0.717) is 23.2 Å². The lowest BCUT2D eigenvalue weighted by atomic mass is 10.0. The number of amides is 1. The fraction of sp³-hybridized carbons (Fsp3) is 0.526. The lowest BCUT2D eigenvalue weighted by molar-refractivity contribution is -0.118. The number of rotatable bonds is 9. The Balaban J connectivity index is 1.42. The smallest absolute Gasteiger partial charge is 0.230 e. The summed E-state index contributed by atoms with van der Waals surface area (Å²) >= 11 is 1.35. The van der Waals surface area contributed by atoms with Crippen LogP contribution in [0.2, 0.25) is 0 Å². The van der Waals surface area contributed by atoms with Crippen molar-refractivity contribution in [1.82, 2.24) is 20.5 Å². The number of H-pyrrole nitrogens is 1. The third-order valence-electron chi connectivity index (χ3n) is 4.74. The first-order valence-electron chi connectivity index (χ1n) is 9.19.